The highest BCUT2D eigenvalue weighted by atomic mass is 35.5. The van der Waals surface area contributed by atoms with Gasteiger partial charge in [-0.25, -0.2) is 4.39 Å². The van der Waals surface area contributed by atoms with Crippen molar-refractivity contribution in [3.05, 3.63) is 94.8 Å². The lowest BCUT2D eigenvalue weighted by Crippen LogP contribution is -2.43. The van der Waals surface area contributed by atoms with Gasteiger partial charge in [-0.3, -0.25) is 9.52 Å². The van der Waals surface area contributed by atoms with Crippen LogP contribution in [-0.2, 0) is 21.6 Å². The largest absolute Gasteiger partial charge is 0.373 e. The number of piperidine rings is 1. The lowest BCUT2D eigenvalue weighted by molar-refractivity contribution is 0.0103. The highest BCUT2D eigenvalue weighted by molar-refractivity contribution is 7.90. The minimum atomic E-state index is -3.80. The Morgan fingerprint density at radius 3 is 2.46 bits per heavy atom. The van der Waals surface area contributed by atoms with Crippen LogP contribution in [0.1, 0.15) is 28.8 Å². The number of ether oxygens (including phenoxy) is 1. The van der Waals surface area contributed by atoms with E-state index in [2.05, 4.69) is 10.0 Å². The second-order valence-corrected chi connectivity index (χ2v) is 10.2. The summed E-state index contributed by atoms with van der Waals surface area (Å²) in [5, 5.41) is 2.50. The van der Waals surface area contributed by atoms with E-state index >= 15 is 0 Å². The fraction of sp³-hybridized carbons (Fsp3) is 0.240. The molecule has 1 heterocycles. The van der Waals surface area contributed by atoms with Gasteiger partial charge in [0.05, 0.1) is 23.4 Å². The highest BCUT2D eigenvalue weighted by Gasteiger charge is 2.28. The molecule has 1 fully saturated rings. The number of amides is 1. The predicted octanol–water partition coefficient (Wildman–Crippen LogP) is 5.07. The van der Waals surface area contributed by atoms with Gasteiger partial charge in [-0.05, 0) is 54.8 Å². The molecule has 0 bridgehead atoms. The van der Waals surface area contributed by atoms with E-state index in [0.29, 0.717) is 38.2 Å². The number of nitrogens with zero attached hydrogens (tertiary/aromatic N) is 1. The van der Waals surface area contributed by atoms with E-state index in [1.807, 2.05) is 30.3 Å². The molecule has 184 valence electrons. The third-order valence-corrected chi connectivity index (χ3v) is 7.45. The Kier molecular flexibility index (Phi) is 8.02. The van der Waals surface area contributed by atoms with Crippen molar-refractivity contribution in [1.82, 2.24) is 4.31 Å². The quantitative estimate of drug-likeness (QED) is 0.437. The van der Waals surface area contributed by atoms with E-state index < -0.39 is 21.9 Å². The number of hydrogen-bond acceptors (Lipinski definition) is 4. The summed E-state index contributed by atoms with van der Waals surface area (Å²) in [6, 6.07) is 19.8. The van der Waals surface area contributed by atoms with Gasteiger partial charge in [-0.2, -0.15) is 12.7 Å². The SMILES string of the molecule is O=C(Nc1ccc(F)c(Cl)c1)c1cccc(NS(=O)(=O)N2CCC(OCc3ccccc3)CC2)c1. The maximum Gasteiger partial charge on any atom is 0.301 e. The first-order chi connectivity index (χ1) is 16.8. The lowest BCUT2D eigenvalue weighted by Gasteiger charge is -2.31. The summed E-state index contributed by atoms with van der Waals surface area (Å²) in [5.74, 6) is -1.07. The number of carbonyl (C=O) groups is 1. The molecule has 1 amide bonds. The third kappa shape index (κ3) is 6.79. The molecule has 4 rings (SSSR count). The molecule has 0 unspecified atom stereocenters. The predicted molar refractivity (Wildman–Crippen MR) is 134 cm³/mol. The summed E-state index contributed by atoms with van der Waals surface area (Å²) >= 11 is 5.75. The topological polar surface area (TPSA) is 87.7 Å². The summed E-state index contributed by atoms with van der Waals surface area (Å²) < 4.78 is 49.0. The number of carbonyl (C=O) groups excluding carboxylic acids is 1. The summed E-state index contributed by atoms with van der Waals surface area (Å²) in [6.07, 6.45) is 1.18. The number of hydrogen-bond donors (Lipinski definition) is 2. The maximum absolute atomic E-state index is 13.3. The Hall–Kier alpha value is -2.98. The molecule has 35 heavy (non-hydrogen) atoms. The standard InChI is InChI=1S/C25H25ClFN3O4S/c26-23-16-20(9-10-24(23)27)28-25(31)19-7-4-8-21(15-19)29-35(32,33)30-13-11-22(12-14-30)34-17-18-5-2-1-3-6-18/h1-10,15-16,22,29H,11-14,17H2,(H,28,31). The van der Waals surface area contributed by atoms with Crippen LogP contribution in [0.15, 0.2) is 72.8 Å². The minimum Gasteiger partial charge on any atom is -0.373 e. The van der Waals surface area contributed by atoms with Crippen LogP contribution in [0.25, 0.3) is 0 Å². The van der Waals surface area contributed by atoms with Gasteiger partial charge in [0.2, 0.25) is 0 Å². The van der Waals surface area contributed by atoms with Crippen molar-refractivity contribution >= 4 is 39.1 Å². The van der Waals surface area contributed by atoms with Gasteiger partial charge in [0.1, 0.15) is 5.82 Å². The second-order valence-electron chi connectivity index (χ2n) is 8.17. The molecule has 0 atom stereocenters. The summed E-state index contributed by atoms with van der Waals surface area (Å²) in [6.45, 7) is 1.16. The molecule has 2 N–H and O–H groups in total. The molecule has 10 heteroatoms. The first-order valence-electron chi connectivity index (χ1n) is 11.1. The number of benzene rings is 3. The van der Waals surface area contributed by atoms with E-state index in [1.54, 1.807) is 18.2 Å². The van der Waals surface area contributed by atoms with Crippen molar-refractivity contribution in [2.24, 2.45) is 0 Å². The first-order valence-corrected chi connectivity index (χ1v) is 12.9. The van der Waals surface area contributed by atoms with Crippen molar-refractivity contribution in [1.29, 1.82) is 0 Å². The lowest BCUT2D eigenvalue weighted by atomic mass is 10.1. The Labute approximate surface area is 209 Å². The van der Waals surface area contributed by atoms with Gasteiger partial charge in [-0.15, -0.1) is 0 Å². The zero-order valence-corrected chi connectivity index (χ0v) is 20.4. The molecule has 3 aromatic carbocycles. The van der Waals surface area contributed by atoms with Crippen LogP contribution >= 0.6 is 11.6 Å². The molecule has 3 aromatic rings. The molecule has 0 aliphatic carbocycles. The summed E-state index contributed by atoms with van der Waals surface area (Å²) in [4.78, 5) is 12.6. The molecule has 1 aliphatic heterocycles. The van der Waals surface area contributed by atoms with Gasteiger partial charge >= 0.3 is 10.2 Å². The fourth-order valence-electron chi connectivity index (χ4n) is 3.74. The summed E-state index contributed by atoms with van der Waals surface area (Å²) in [5.41, 5.74) is 1.90. The van der Waals surface area contributed by atoms with Crippen molar-refractivity contribution < 1.29 is 22.3 Å². The third-order valence-electron chi connectivity index (χ3n) is 5.62. The van der Waals surface area contributed by atoms with Crippen LogP contribution in [0, 0.1) is 5.82 Å². The van der Waals surface area contributed by atoms with E-state index in [0.717, 1.165) is 11.6 Å². The first kappa shape index (κ1) is 25.1. The van der Waals surface area contributed by atoms with Gasteiger partial charge in [-0.1, -0.05) is 48.0 Å². The maximum atomic E-state index is 13.3. The van der Waals surface area contributed by atoms with Gasteiger partial charge < -0.3 is 10.1 Å². The molecule has 7 nitrogen and oxygen atoms in total. The molecule has 0 aromatic heterocycles. The Morgan fingerprint density at radius 1 is 1.00 bits per heavy atom. The van der Waals surface area contributed by atoms with Gasteiger partial charge in [0, 0.05) is 24.3 Å². The number of nitrogens with one attached hydrogen (secondary N) is 2. The van der Waals surface area contributed by atoms with Gasteiger partial charge in [0.25, 0.3) is 5.91 Å². The molecule has 0 saturated carbocycles. The average Bonchev–Trinajstić information content (AvgIpc) is 2.86. The Morgan fingerprint density at radius 2 is 1.74 bits per heavy atom. The highest BCUT2D eigenvalue weighted by Crippen LogP contribution is 2.22. The van der Waals surface area contributed by atoms with Crippen molar-refractivity contribution in [3.8, 4) is 0 Å². The molecular formula is C25H25ClFN3O4S. The number of halogens is 2. The van der Waals surface area contributed by atoms with E-state index in [-0.39, 0.29) is 22.4 Å². The molecule has 1 saturated heterocycles. The van der Waals surface area contributed by atoms with Crippen molar-refractivity contribution in [2.75, 3.05) is 23.1 Å². The van der Waals surface area contributed by atoms with Crippen LogP contribution in [0.3, 0.4) is 0 Å². The zero-order valence-electron chi connectivity index (χ0n) is 18.8. The molecule has 0 spiro atoms. The van der Waals surface area contributed by atoms with Crippen LogP contribution in [0.4, 0.5) is 15.8 Å². The normalized spacial score (nSPS) is 15.0. The summed E-state index contributed by atoms with van der Waals surface area (Å²) in [7, 11) is -3.80. The smallest absolute Gasteiger partial charge is 0.301 e. The van der Waals surface area contributed by atoms with Crippen LogP contribution < -0.4 is 10.0 Å². The average molecular weight is 518 g/mol. The number of rotatable bonds is 8. The van der Waals surface area contributed by atoms with Crippen molar-refractivity contribution in [2.45, 2.75) is 25.6 Å². The monoisotopic (exact) mass is 517 g/mol. The van der Waals surface area contributed by atoms with Crippen molar-refractivity contribution in [3.63, 3.8) is 0 Å². The van der Waals surface area contributed by atoms with E-state index in [4.69, 9.17) is 16.3 Å². The van der Waals surface area contributed by atoms with E-state index in [1.165, 1.54) is 22.5 Å². The van der Waals surface area contributed by atoms with Gasteiger partial charge in [0.15, 0.2) is 0 Å². The van der Waals surface area contributed by atoms with Crippen LogP contribution in [0.2, 0.25) is 5.02 Å². The Balaban J connectivity index is 1.32. The zero-order chi connectivity index (χ0) is 24.8. The molecule has 0 radical (unpaired) electrons. The fourth-order valence-corrected chi connectivity index (χ4v) is 5.17. The minimum absolute atomic E-state index is 0.00588. The number of anilines is 2. The Bertz CT molecular complexity index is 1280. The van der Waals surface area contributed by atoms with E-state index in [9.17, 15) is 17.6 Å². The molecular weight excluding hydrogens is 493 g/mol. The molecule has 1 aliphatic rings. The van der Waals surface area contributed by atoms with Crippen LogP contribution in [0.5, 0.6) is 0 Å². The van der Waals surface area contributed by atoms with Crippen LogP contribution in [-0.4, -0.2) is 37.8 Å². The second kappa shape index (κ2) is 11.2.